The second-order valence-electron chi connectivity index (χ2n) is 4.19. The van der Waals surface area contributed by atoms with Gasteiger partial charge in [0.1, 0.15) is 0 Å². The van der Waals surface area contributed by atoms with Gasteiger partial charge in [-0.05, 0) is 12.1 Å². The molecule has 0 saturated carbocycles. The highest BCUT2D eigenvalue weighted by Crippen LogP contribution is 2.39. The Labute approximate surface area is 108 Å². The summed E-state index contributed by atoms with van der Waals surface area (Å²) in [4.78, 5) is 22.3. The van der Waals surface area contributed by atoms with Gasteiger partial charge in [0.2, 0.25) is 0 Å². The third-order valence-corrected chi connectivity index (χ3v) is 3.10. The third kappa shape index (κ3) is 1.76. The monoisotopic (exact) mass is 255 g/mol. The topological polar surface area (TPSA) is 69.4 Å². The number of carbonyl (C=O) groups excluding carboxylic acids is 1. The van der Waals surface area contributed by atoms with Crippen molar-refractivity contribution < 1.29 is 14.5 Å². The van der Waals surface area contributed by atoms with Gasteiger partial charge in [-0.1, -0.05) is 30.3 Å². The molecule has 1 atom stereocenters. The largest absolute Gasteiger partial charge is 0.449 e. The molecule has 0 fully saturated rings. The number of fused-ring (bicyclic) bond motifs is 1. The number of carbonyl (C=O) groups is 1. The number of hydrogen-bond acceptors (Lipinski definition) is 4. The Bertz CT molecular complexity index is 681. The van der Waals surface area contributed by atoms with Gasteiger partial charge in [0, 0.05) is 11.6 Å². The van der Waals surface area contributed by atoms with E-state index in [2.05, 4.69) is 0 Å². The van der Waals surface area contributed by atoms with Gasteiger partial charge >= 0.3 is 5.97 Å². The summed E-state index contributed by atoms with van der Waals surface area (Å²) in [7, 11) is 0. The predicted octanol–water partition coefficient (Wildman–Crippen LogP) is 2.85. The SMILES string of the molecule is O=C1OC(c2ccccc2[N+](=O)[O-])c2ccccc21. The first kappa shape index (κ1) is 11.4. The Morgan fingerprint density at radius 2 is 1.63 bits per heavy atom. The summed E-state index contributed by atoms with van der Waals surface area (Å²) in [6, 6.07) is 13.2. The summed E-state index contributed by atoms with van der Waals surface area (Å²) >= 11 is 0. The van der Waals surface area contributed by atoms with Crippen molar-refractivity contribution in [3.63, 3.8) is 0 Å². The van der Waals surface area contributed by atoms with Crippen LogP contribution in [0, 0.1) is 10.1 Å². The summed E-state index contributed by atoms with van der Waals surface area (Å²) in [5.74, 6) is -0.446. The molecule has 1 unspecified atom stereocenters. The molecule has 3 rings (SSSR count). The first-order chi connectivity index (χ1) is 9.18. The van der Waals surface area contributed by atoms with E-state index in [0.29, 0.717) is 16.7 Å². The Morgan fingerprint density at radius 1 is 1.00 bits per heavy atom. The van der Waals surface area contributed by atoms with E-state index in [0.717, 1.165) is 0 Å². The van der Waals surface area contributed by atoms with Crippen molar-refractivity contribution in [2.45, 2.75) is 6.10 Å². The van der Waals surface area contributed by atoms with Gasteiger partial charge in [0.15, 0.2) is 6.10 Å². The number of esters is 1. The second-order valence-corrected chi connectivity index (χ2v) is 4.19. The fraction of sp³-hybridized carbons (Fsp3) is 0.0714. The average molecular weight is 255 g/mol. The van der Waals surface area contributed by atoms with Crippen molar-refractivity contribution >= 4 is 11.7 Å². The summed E-state index contributed by atoms with van der Waals surface area (Å²) in [6.45, 7) is 0. The lowest BCUT2D eigenvalue weighted by Crippen LogP contribution is -2.04. The Morgan fingerprint density at radius 3 is 2.37 bits per heavy atom. The van der Waals surface area contributed by atoms with Gasteiger partial charge in [0.25, 0.3) is 5.69 Å². The maximum absolute atomic E-state index is 11.7. The van der Waals surface area contributed by atoms with Crippen LogP contribution < -0.4 is 0 Å². The third-order valence-electron chi connectivity index (χ3n) is 3.10. The van der Waals surface area contributed by atoms with E-state index in [-0.39, 0.29) is 5.69 Å². The van der Waals surface area contributed by atoms with Gasteiger partial charge < -0.3 is 4.74 Å². The number of benzene rings is 2. The van der Waals surface area contributed by atoms with Crippen LogP contribution in [0.2, 0.25) is 0 Å². The highest BCUT2D eigenvalue weighted by molar-refractivity contribution is 5.94. The number of cyclic esters (lactones) is 1. The molecule has 2 aromatic rings. The fourth-order valence-electron chi connectivity index (χ4n) is 2.25. The van der Waals surface area contributed by atoms with Crippen molar-refractivity contribution in [2.24, 2.45) is 0 Å². The molecule has 0 amide bonds. The van der Waals surface area contributed by atoms with Crippen molar-refractivity contribution in [1.82, 2.24) is 0 Å². The van der Waals surface area contributed by atoms with Crippen LogP contribution in [-0.2, 0) is 4.74 Å². The normalized spacial score (nSPS) is 16.8. The van der Waals surface area contributed by atoms with Gasteiger partial charge in [0.05, 0.1) is 16.1 Å². The quantitative estimate of drug-likeness (QED) is 0.470. The molecule has 19 heavy (non-hydrogen) atoms. The van der Waals surface area contributed by atoms with Crippen LogP contribution in [0.1, 0.15) is 27.6 Å². The summed E-state index contributed by atoms with van der Waals surface area (Å²) < 4.78 is 5.27. The van der Waals surface area contributed by atoms with Crippen LogP contribution in [0.3, 0.4) is 0 Å². The zero-order valence-corrected chi connectivity index (χ0v) is 9.78. The number of para-hydroxylation sites is 1. The minimum Gasteiger partial charge on any atom is -0.449 e. The molecule has 5 nitrogen and oxygen atoms in total. The van der Waals surface area contributed by atoms with E-state index in [9.17, 15) is 14.9 Å². The standard InChI is InChI=1S/C14H9NO4/c16-14-10-6-2-1-5-9(10)13(19-14)11-7-3-4-8-12(11)15(17)18/h1-8,13H. The predicted molar refractivity (Wildman–Crippen MR) is 66.8 cm³/mol. The van der Waals surface area contributed by atoms with Gasteiger partial charge in [-0.3, -0.25) is 10.1 Å². The van der Waals surface area contributed by atoms with Crippen molar-refractivity contribution in [3.8, 4) is 0 Å². The molecule has 94 valence electrons. The number of rotatable bonds is 2. The first-order valence-electron chi connectivity index (χ1n) is 5.71. The lowest BCUT2D eigenvalue weighted by molar-refractivity contribution is -0.386. The van der Waals surface area contributed by atoms with Crippen LogP contribution in [-0.4, -0.2) is 10.9 Å². The minimum absolute atomic E-state index is 0.0444. The molecule has 0 saturated heterocycles. The smallest absolute Gasteiger partial charge is 0.339 e. The number of nitrogens with zero attached hydrogens (tertiary/aromatic N) is 1. The molecule has 1 heterocycles. The number of nitro benzene ring substituents is 1. The Hall–Kier alpha value is -2.69. The Kier molecular flexibility index (Phi) is 2.52. The van der Waals surface area contributed by atoms with E-state index >= 15 is 0 Å². The van der Waals surface area contributed by atoms with E-state index in [1.165, 1.54) is 6.07 Å². The molecule has 0 N–H and O–H groups in total. The molecule has 1 aliphatic rings. The van der Waals surface area contributed by atoms with Crippen LogP contribution in [0.15, 0.2) is 48.5 Å². The molecule has 0 bridgehead atoms. The number of nitro groups is 1. The van der Waals surface area contributed by atoms with Crippen LogP contribution in [0.25, 0.3) is 0 Å². The zero-order valence-electron chi connectivity index (χ0n) is 9.78. The van der Waals surface area contributed by atoms with Gasteiger partial charge in [-0.2, -0.15) is 0 Å². The van der Waals surface area contributed by atoms with Gasteiger partial charge in [-0.25, -0.2) is 4.79 Å². The highest BCUT2D eigenvalue weighted by atomic mass is 16.6. The highest BCUT2D eigenvalue weighted by Gasteiger charge is 2.35. The lowest BCUT2D eigenvalue weighted by atomic mass is 9.98. The molecule has 2 aromatic carbocycles. The molecule has 5 heteroatoms. The van der Waals surface area contributed by atoms with Crippen LogP contribution in [0.5, 0.6) is 0 Å². The molecular formula is C14H9NO4. The molecule has 0 radical (unpaired) electrons. The van der Waals surface area contributed by atoms with Crippen molar-refractivity contribution in [1.29, 1.82) is 0 Å². The molecular weight excluding hydrogens is 246 g/mol. The maximum atomic E-state index is 11.7. The van der Waals surface area contributed by atoms with E-state index < -0.39 is 17.0 Å². The van der Waals surface area contributed by atoms with Crippen LogP contribution in [0.4, 0.5) is 5.69 Å². The number of ether oxygens (including phenoxy) is 1. The maximum Gasteiger partial charge on any atom is 0.339 e. The van der Waals surface area contributed by atoms with E-state index in [4.69, 9.17) is 4.74 Å². The first-order valence-corrected chi connectivity index (χ1v) is 5.71. The Balaban J connectivity index is 2.15. The van der Waals surface area contributed by atoms with Crippen molar-refractivity contribution in [3.05, 3.63) is 75.3 Å². The zero-order chi connectivity index (χ0) is 13.4. The number of hydrogen-bond donors (Lipinski definition) is 0. The van der Waals surface area contributed by atoms with E-state index in [1.54, 1.807) is 42.5 Å². The summed E-state index contributed by atoms with van der Waals surface area (Å²) in [5.41, 5.74) is 1.48. The molecule has 0 aromatic heterocycles. The average Bonchev–Trinajstić information content (AvgIpc) is 2.77. The fourth-order valence-corrected chi connectivity index (χ4v) is 2.25. The lowest BCUT2D eigenvalue weighted by Gasteiger charge is -2.11. The van der Waals surface area contributed by atoms with Gasteiger partial charge in [-0.15, -0.1) is 0 Å². The second kappa shape index (κ2) is 4.20. The molecule has 0 aliphatic carbocycles. The molecule has 0 spiro atoms. The van der Waals surface area contributed by atoms with Crippen LogP contribution >= 0.6 is 0 Å². The summed E-state index contributed by atoms with van der Waals surface area (Å²) in [5, 5.41) is 11.0. The summed E-state index contributed by atoms with van der Waals surface area (Å²) in [6.07, 6.45) is -0.703. The van der Waals surface area contributed by atoms with Crippen molar-refractivity contribution in [2.75, 3.05) is 0 Å². The van der Waals surface area contributed by atoms with E-state index in [1.807, 2.05) is 0 Å². The minimum atomic E-state index is -0.703. The molecule has 1 aliphatic heterocycles.